The maximum absolute atomic E-state index is 6.17. The van der Waals surface area contributed by atoms with E-state index in [9.17, 15) is 0 Å². The molecule has 1 atom stereocenters. The molecule has 0 amide bonds. The molecule has 0 spiro atoms. The van der Waals surface area contributed by atoms with Crippen molar-refractivity contribution in [2.75, 3.05) is 5.88 Å². The Morgan fingerprint density at radius 3 is 2.19 bits per heavy atom. The van der Waals surface area contributed by atoms with Crippen molar-refractivity contribution in [1.29, 1.82) is 0 Å². The van der Waals surface area contributed by atoms with Crippen LogP contribution in [0, 0.1) is 11.8 Å². The Morgan fingerprint density at radius 2 is 1.69 bits per heavy atom. The van der Waals surface area contributed by atoms with E-state index in [1.54, 1.807) is 0 Å². The number of benzene rings is 1. The highest BCUT2D eigenvalue weighted by Crippen LogP contribution is 2.27. The van der Waals surface area contributed by atoms with Crippen LogP contribution in [0.2, 0.25) is 5.02 Å². The molecule has 0 saturated heterocycles. The Morgan fingerprint density at radius 1 is 1.06 bits per heavy atom. The van der Waals surface area contributed by atoms with Crippen LogP contribution < -0.4 is 0 Å². The fourth-order valence-corrected chi connectivity index (χ4v) is 2.82. The molecule has 1 aromatic rings. The van der Waals surface area contributed by atoms with E-state index in [1.165, 1.54) is 18.4 Å². The predicted molar refractivity (Wildman–Crippen MR) is 73.4 cm³/mol. The molecule has 0 aromatic heterocycles. The van der Waals surface area contributed by atoms with E-state index in [0.717, 1.165) is 17.3 Å². The van der Waals surface area contributed by atoms with Crippen molar-refractivity contribution in [3.63, 3.8) is 0 Å². The lowest BCUT2D eigenvalue weighted by molar-refractivity contribution is 0.339. The van der Waals surface area contributed by atoms with Gasteiger partial charge in [0.05, 0.1) is 0 Å². The van der Waals surface area contributed by atoms with Crippen LogP contribution in [0.3, 0.4) is 0 Å². The Bertz CT molecular complexity index is 305. The van der Waals surface area contributed by atoms with E-state index < -0.39 is 0 Å². The van der Waals surface area contributed by atoms with E-state index >= 15 is 0 Å². The summed E-state index contributed by atoms with van der Waals surface area (Å²) in [7, 11) is 0. The summed E-state index contributed by atoms with van der Waals surface area (Å²) in [6.07, 6.45) is 3.38. The highest BCUT2D eigenvalue weighted by molar-refractivity contribution is 6.31. The number of hydrogen-bond donors (Lipinski definition) is 0. The Balaban J connectivity index is 2.73. The van der Waals surface area contributed by atoms with Crippen LogP contribution in [-0.2, 0) is 6.42 Å². The maximum atomic E-state index is 6.17. The molecule has 0 radical (unpaired) electrons. The minimum Gasteiger partial charge on any atom is -0.126 e. The predicted octanol–water partition coefficient (Wildman–Crippen LogP) is 5.17. The molecule has 2 heteroatoms. The molecule has 0 heterocycles. The summed E-state index contributed by atoms with van der Waals surface area (Å²) >= 11 is 12.3. The molecule has 0 aliphatic rings. The molecule has 90 valence electrons. The summed E-state index contributed by atoms with van der Waals surface area (Å²) < 4.78 is 0. The third-order valence-electron chi connectivity index (χ3n) is 3.35. The van der Waals surface area contributed by atoms with Crippen molar-refractivity contribution < 1.29 is 0 Å². The molecule has 0 N–H and O–H groups in total. The van der Waals surface area contributed by atoms with Gasteiger partial charge in [0.25, 0.3) is 0 Å². The third kappa shape index (κ3) is 3.68. The second kappa shape index (κ2) is 7.19. The lowest BCUT2D eigenvalue weighted by Crippen LogP contribution is -2.18. The molecule has 0 bridgehead atoms. The topological polar surface area (TPSA) is 0 Å². The summed E-state index contributed by atoms with van der Waals surface area (Å²) in [6, 6.07) is 8.07. The fraction of sp³-hybridized carbons (Fsp3) is 0.571. The van der Waals surface area contributed by atoms with Gasteiger partial charge in [0.15, 0.2) is 0 Å². The van der Waals surface area contributed by atoms with Crippen LogP contribution in [-0.4, -0.2) is 5.88 Å². The molecule has 0 saturated carbocycles. The maximum Gasteiger partial charge on any atom is 0.0438 e. The first-order chi connectivity index (χ1) is 7.72. The van der Waals surface area contributed by atoms with E-state index in [2.05, 4.69) is 19.9 Å². The Labute approximate surface area is 109 Å². The minimum atomic E-state index is 0.538. The lowest BCUT2D eigenvalue weighted by atomic mass is 9.85. The molecule has 16 heavy (non-hydrogen) atoms. The number of alkyl halides is 1. The van der Waals surface area contributed by atoms with Crippen LogP contribution in [0.1, 0.15) is 32.3 Å². The van der Waals surface area contributed by atoms with Gasteiger partial charge in [-0.3, -0.25) is 0 Å². The average Bonchev–Trinajstić information content (AvgIpc) is 2.31. The van der Waals surface area contributed by atoms with Crippen LogP contribution in [0.4, 0.5) is 0 Å². The Hall–Kier alpha value is -0.200. The normalized spacial score (nSPS) is 13.1. The summed E-state index contributed by atoms with van der Waals surface area (Å²) in [5.74, 6) is 1.96. The quantitative estimate of drug-likeness (QED) is 0.618. The molecule has 1 rings (SSSR count). The summed E-state index contributed by atoms with van der Waals surface area (Å²) in [6.45, 7) is 4.47. The smallest absolute Gasteiger partial charge is 0.0438 e. The third-order valence-corrected chi connectivity index (χ3v) is 4.12. The second-order valence-electron chi connectivity index (χ2n) is 4.29. The van der Waals surface area contributed by atoms with Crippen molar-refractivity contribution in [3.8, 4) is 0 Å². The monoisotopic (exact) mass is 258 g/mol. The molecular formula is C14H20Cl2. The minimum absolute atomic E-state index is 0.538. The van der Waals surface area contributed by atoms with Gasteiger partial charge in [-0.2, -0.15) is 0 Å². The Kier molecular flexibility index (Phi) is 6.23. The van der Waals surface area contributed by atoms with E-state index in [0.29, 0.717) is 11.8 Å². The van der Waals surface area contributed by atoms with Gasteiger partial charge >= 0.3 is 0 Å². The highest BCUT2D eigenvalue weighted by Gasteiger charge is 2.18. The molecule has 0 aliphatic carbocycles. The molecule has 0 nitrogen and oxygen atoms in total. The van der Waals surface area contributed by atoms with Gasteiger partial charge in [-0.25, -0.2) is 0 Å². The molecular weight excluding hydrogens is 239 g/mol. The zero-order valence-electron chi connectivity index (χ0n) is 10.0. The lowest BCUT2D eigenvalue weighted by Gasteiger charge is -2.23. The van der Waals surface area contributed by atoms with Gasteiger partial charge in [-0.1, -0.05) is 56.5 Å². The van der Waals surface area contributed by atoms with Gasteiger partial charge in [0.1, 0.15) is 0 Å². The highest BCUT2D eigenvalue weighted by atomic mass is 35.5. The molecule has 1 unspecified atom stereocenters. The van der Waals surface area contributed by atoms with Crippen molar-refractivity contribution >= 4 is 23.2 Å². The number of hydrogen-bond acceptors (Lipinski definition) is 0. The van der Waals surface area contributed by atoms with Crippen LogP contribution >= 0.6 is 23.2 Å². The van der Waals surface area contributed by atoms with Gasteiger partial charge in [0.2, 0.25) is 0 Å². The van der Waals surface area contributed by atoms with Crippen molar-refractivity contribution in [1.82, 2.24) is 0 Å². The summed E-state index contributed by atoms with van der Waals surface area (Å²) in [5, 5.41) is 0.864. The number of halogens is 2. The fourth-order valence-electron chi connectivity index (χ4n) is 2.25. The van der Waals surface area contributed by atoms with Crippen LogP contribution in [0.15, 0.2) is 24.3 Å². The molecule has 1 aromatic carbocycles. The van der Waals surface area contributed by atoms with Crippen molar-refractivity contribution in [2.24, 2.45) is 11.8 Å². The first-order valence-electron chi connectivity index (χ1n) is 6.02. The first kappa shape index (κ1) is 13.9. The van der Waals surface area contributed by atoms with Gasteiger partial charge in [0, 0.05) is 10.9 Å². The second-order valence-corrected chi connectivity index (χ2v) is 5.00. The van der Waals surface area contributed by atoms with Crippen molar-refractivity contribution in [2.45, 2.75) is 33.1 Å². The standard InChI is InChI=1S/C14H20Cl2/c1-3-11(4-2)13(10-15)9-12-7-5-6-8-14(12)16/h5-8,11,13H,3-4,9-10H2,1-2H3. The molecule has 0 fully saturated rings. The largest absolute Gasteiger partial charge is 0.126 e. The van der Waals surface area contributed by atoms with E-state index in [4.69, 9.17) is 23.2 Å². The SMILES string of the molecule is CCC(CC)C(CCl)Cc1ccccc1Cl. The zero-order chi connectivity index (χ0) is 12.0. The van der Waals surface area contributed by atoms with Crippen LogP contribution in [0.25, 0.3) is 0 Å². The van der Waals surface area contributed by atoms with E-state index in [-0.39, 0.29) is 0 Å². The van der Waals surface area contributed by atoms with Gasteiger partial charge in [-0.05, 0) is 29.9 Å². The first-order valence-corrected chi connectivity index (χ1v) is 6.93. The van der Waals surface area contributed by atoms with Crippen LogP contribution in [0.5, 0.6) is 0 Å². The van der Waals surface area contributed by atoms with E-state index in [1.807, 2.05) is 18.2 Å². The molecule has 0 aliphatic heterocycles. The zero-order valence-corrected chi connectivity index (χ0v) is 11.6. The average molecular weight is 259 g/mol. The summed E-state index contributed by atoms with van der Waals surface area (Å²) in [4.78, 5) is 0. The summed E-state index contributed by atoms with van der Waals surface area (Å²) in [5.41, 5.74) is 1.22. The van der Waals surface area contributed by atoms with Crippen molar-refractivity contribution in [3.05, 3.63) is 34.9 Å². The van der Waals surface area contributed by atoms with Gasteiger partial charge in [-0.15, -0.1) is 11.6 Å². The number of rotatable bonds is 6. The van der Waals surface area contributed by atoms with Gasteiger partial charge < -0.3 is 0 Å².